The quantitative estimate of drug-likeness (QED) is 0.776. The first-order valence-electron chi connectivity index (χ1n) is 7.85. The minimum absolute atomic E-state index is 0.161. The van der Waals surface area contributed by atoms with E-state index in [4.69, 9.17) is 9.47 Å². The summed E-state index contributed by atoms with van der Waals surface area (Å²) in [5.74, 6) is 0.578. The van der Waals surface area contributed by atoms with Gasteiger partial charge in [-0.3, -0.25) is 0 Å². The van der Waals surface area contributed by atoms with Crippen molar-refractivity contribution in [1.29, 1.82) is 0 Å². The Balaban J connectivity index is 1.94. The molecule has 0 amide bonds. The van der Waals surface area contributed by atoms with Crippen LogP contribution in [0.5, 0.6) is 5.75 Å². The van der Waals surface area contributed by atoms with Gasteiger partial charge in [0.05, 0.1) is 18.3 Å². The minimum atomic E-state index is -0.294. The summed E-state index contributed by atoms with van der Waals surface area (Å²) in [6, 6.07) is 15.3. The molecule has 0 saturated heterocycles. The van der Waals surface area contributed by atoms with E-state index in [0.29, 0.717) is 18.7 Å². The number of benzene rings is 2. The van der Waals surface area contributed by atoms with Gasteiger partial charge in [0, 0.05) is 12.2 Å². The highest BCUT2D eigenvalue weighted by atomic mass is 16.5. The molecule has 1 N–H and O–H groups in total. The van der Waals surface area contributed by atoms with Crippen molar-refractivity contribution in [3.8, 4) is 5.75 Å². The summed E-state index contributed by atoms with van der Waals surface area (Å²) in [5.41, 5.74) is 2.65. The number of hydrogen-bond donors (Lipinski definition) is 1. The van der Waals surface area contributed by atoms with Crippen molar-refractivity contribution in [2.45, 2.75) is 33.4 Å². The lowest BCUT2D eigenvalue weighted by Gasteiger charge is -2.12. The molecular formula is C19H23NO3. The third-order valence-electron chi connectivity index (χ3n) is 3.16. The molecule has 0 fully saturated rings. The maximum Gasteiger partial charge on any atom is 0.338 e. The molecule has 0 aliphatic heterocycles. The van der Waals surface area contributed by atoms with Crippen LogP contribution in [0.15, 0.2) is 48.5 Å². The molecule has 0 aliphatic carbocycles. The number of hydrogen-bond acceptors (Lipinski definition) is 4. The van der Waals surface area contributed by atoms with Crippen molar-refractivity contribution >= 4 is 11.7 Å². The van der Waals surface area contributed by atoms with Crippen LogP contribution in [0.4, 0.5) is 5.69 Å². The van der Waals surface area contributed by atoms with Crippen LogP contribution in [-0.2, 0) is 11.3 Å². The molecule has 0 aliphatic rings. The number of rotatable bonds is 7. The third kappa shape index (κ3) is 5.33. The highest BCUT2D eigenvalue weighted by Crippen LogP contribution is 2.17. The highest BCUT2D eigenvalue weighted by molar-refractivity contribution is 5.89. The van der Waals surface area contributed by atoms with E-state index in [2.05, 4.69) is 5.32 Å². The van der Waals surface area contributed by atoms with Gasteiger partial charge in [0.25, 0.3) is 0 Å². The first-order chi connectivity index (χ1) is 11.1. The van der Waals surface area contributed by atoms with Crippen molar-refractivity contribution in [2.75, 3.05) is 11.9 Å². The van der Waals surface area contributed by atoms with Crippen LogP contribution in [0.1, 0.15) is 36.7 Å². The molecule has 0 heterocycles. The average molecular weight is 313 g/mol. The van der Waals surface area contributed by atoms with Crippen LogP contribution in [0.2, 0.25) is 0 Å². The SMILES string of the molecule is CCOC(=O)c1ccc(NCc2cccc(OC(C)C)c2)cc1. The maximum atomic E-state index is 11.6. The normalized spacial score (nSPS) is 10.4. The summed E-state index contributed by atoms with van der Waals surface area (Å²) in [7, 11) is 0. The van der Waals surface area contributed by atoms with Crippen molar-refractivity contribution in [1.82, 2.24) is 0 Å². The molecule has 2 rings (SSSR count). The van der Waals surface area contributed by atoms with Crippen LogP contribution in [-0.4, -0.2) is 18.7 Å². The van der Waals surface area contributed by atoms with Crippen molar-refractivity contribution in [3.05, 3.63) is 59.7 Å². The molecule has 0 unspecified atom stereocenters. The Labute approximate surface area is 137 Å². The molecule has 4 nitrogen and oxygen atoms in total. The summed E-state index contributed by atoms with van der Waals surface area (Å²) in [6.07, 6.45) is 0.161. The largest absolute Gasteiger partial charge is 0.491 e. The fourth-order valence-electron chi connectivity index (χ4n) is 2.14. The topological polar surface area (TPSA) is 47.6 Å². The predicted octanol–water partition coefficient (Wildman–Crippen LogP) is 4.26. The van der Waals surface area contributed by atoms with E-state index in [9.17, 15) is 4.79 Å². The lowest BCUT2D eigenvalue weighted by molar-refractivity contribution is 0.0526. The smallest absolute Gasteiger partial charge is 0.338 e. The number of anilines is 1. The van der Waals surface area contributed by atoms with Gasteiger partial charge in [-0.1, -0.05) is 12.1 Å². The molecule has 23 heavy (non-hydrogen) atoms. The molecule has 0 saturated carbocycles. The standard InChI is InChI=1S/C19H23NO3/c1-4-22-19(21)16-8-10-17(11-9-16)20-13-15-6-5-7-18(12-15)23-14(2)3/h5-12,14,20H,4,13H2,1-3H3. The zero-order valence-electron chi connectivity index (χ0n) is 13.8. The molecule has 0 spiro atoms. The number of carbonyl (C=O) groups is 1. The summed E-state index contributed by atoms with van der Waals surface area (Å²) in [5, 5.41) is 3.33. The Morgan fingerprint density at radius 3 is 2.52 bits per heavy atom. The van der Waals surface area contributed by atoms with E-state index in [1.165, 1.54) is 0 Å². The van der Waals surface area contributed by atoms with E-state index >= 15 is 0 Å². The van der Waals surface area contributed by atoms with Gasteiger partial charge in [0.15, 0.2) is 0 Å². The number of nitrogens with one attached hydrogen (secondary N) is 1. The van der Waals surface area contributed by atoms with Crippen LogP contribution in [0, 0.1) is 0 Å². The second-order valence-electron chi connectivity index (χ2n) is 5.47. The van der Waals surface area contributed by atoms with Gasteiger partial charge < -0.3 is 14.8 Å². The Bertz CT molecular complexity index is 635. The van der Waals surface area contributed by atoms with E-state index in [1.54, 1.807) is 19.1 Å². The number of ether oxygens (including phenoxy) is 2. The zero-order valence-corrected chi connectivity index (χ0v) is 13.8. The molecule has 0 atom stereocenters. The Hall–Kier alpha value is -2.49. The first-order valence-corrected chi connectivity index (χ1v) is 7.85. The molecule has 0 aromatic heterocycles. The van der Waals surface area contributed by atoms with E-state index in [1.807, 2.05) is 50.2 Å². The predicted molar refractivity (Wildman–Crippen MR) is 91.9 cm³/mol. The Morgan fingerprint density at radius 1 is 1.13 bits per heavy atom. The van der Waals surface area contributed by atoms with Gasteiger partial charge in [-0.15, -0.1) is 0 Å². The van der Waals surface area contributed by atoms with Crippen molar-refractivity contribution < 1.29 is 14.3 Å². The van der Waals surface area contributed by atoms with Crippen molar-refractivity contribution in [3.63, 3.8) is 0 Å². The molecular weight excluding hydrogens is 290 g/mol. The van der Waals surface area contributed by atoms with Gasteiger partial charge in [0.2, 0.25) is 0 Å². The van der Waals surface area contributed by atoms with E-state index in [-0.39, 0.29) is 12.1 Å². The van der Waals surface area contributed by atoms with Gasteiger partial charge in [0.1, 0.15) is 5.75 Å². The fourth-order valence-corrected chi connectivity index (χ4v) is 2.14. The molecule has 4 heteroatoms. The first kappa shape index (κ1) is 16.9. The third-order valence-corrected chi connectivity index (χ3v) is 3.16. The summed E-state index contributed by atoms with van der Waals surface area (Å²) < 4.78 is 10.7. The molecule has 2 aromatic carbocycles. The van der Waals surface area contributed by atoms with Crippen LogP contribution in [0.3, 0.4) is 0 Å². The van der Waals surface area contributed by atoms with Gasteiger partial charge in [-0.25, -0.2) is 4.79 Å². The van der Waals surface area contributed by atoms with Gasteiger partial charge in [-0.2, -0.15) is 0 Å². The molecule has 122 valence electrons. The summed E-state index contributed by atoms with van der Waals surface area (Å²) in [6.45, 7) is 6.89. The second-order valence-corrected chi connectivity index (χ2v) is 5.47. The van der Waals surface area contributed by atoms with Gasteiger partial charge >= 0.3 is 5.97 Å². The molecule has 2 aromatic rings. The lowest BCUT2D eigenvalue weighted by atomic mass is 10.2. The van der Waals surface area contributed by atoms with Crippen LogP contribution >= 0.6 is 0 Å². The Kier molecular flexibility index (Phi) is 6.03. The lowest BCUT2D eigenvalue weighted by Crippen LogP contribution is -2.06. The molecule has 0 radical (unpaired) electrons. The van der Waals surface area contributed by atoms with E-state index in [0.717, 1.165) is 17.0 Å². The Morgan fingerprint density at radius 2 is 1.87 bits per heavy atom. The highest BCUT2D eigenvalue weighted by Gasteiger charge is 2.05. The second kappa shape index (κ2) is 8.22. The summed E-state index contributed by atoms with van der Waals surface area (Å²) in [4.78, 5) is 11.6. The minimum Gasteiger partial charge on any atom is -0.491 e. The van der Waals surface area contributed by atoms with Crippen LogP contribution in [0.25, 0.3) is 0 Å². The van der Waals surface area contributed by atoms with E-state index < -0.39 is 0 Å². The molecule has 0 bridgehead atoms. The monoisotopic (exact) mass is 313 g/mol. The maximum absolute atomic E-state index is 11.6. The number of esters is 1. The van der Waals surface area contributed by atoms with Crippen molar-refractivity contribution in [2.24, 2.45) is 0 Å². The average Bonchev–Trinajstić information content (AvgIpc) is 2.53. The summed E-state index contributed by atoms with van der Waals surface area (Å²) >= 11 is 0. The van der Waals surface area contributed by atoms with Gasteiger partial charge in [-0.05, 0) is 62.7 Å². The fraction of sp³-hybridized carbons (Fsp3) is 0.316. The van der Waals surface area contributed by atoms with Crippen LogP contribution < -0.4 is 10.1 Å². The zero-order chi connectivity index (χ0) is 16.7. The number of carbonyl (C=O) groups excluding carboxylic acids is 1.